The van der Waals surface area contributed by atoms with Gasteiger partial charge in [-0.15, -0.1) is 11.8 Å². The lowest BCUT2D eigenvalue weighted by molar-refractivity contribution is -0.111. The number of rotatable bonds is 43. The van der Waals surface area contributed by atoms with Gasteiger partial charge in [0.25, 0.3) is 5.24 Å². The van der Waals surface area contributed by atoms with Crippen molar-refractivity contribution in [3.8, 4) is 6.19 Å². The smallest absolute Gasteiger partial charge is 0.280 e. The number of para-hydroxylation sites is 6. The van der Waals surface area contributed by atoms with Crippen LogP contribution in [-0.4, -0.2) is 66.4 Å². The van der Waals surface area contributed by atoms with Crippen LogP contribution in [0.4, 0.5) is 4.79 Å². The Morgan fingerprint density at radius 2 is 0.674 bits per heavy atom. The van der Waals surface area contributed by atoms with E-state index in [9.17, 15) is 43.6 Å². The lowest BCUT2D eigenvalue weighted by Gasteiger charge is -2.20. The van der Waals surface area contributed by atoms with E-state index in [0.29, 0.717) is 42.9 Å². The van der Waals surface area contributed by atoms with E-state index in [-0.39, 0.29) is 42.9 Å². The van der Waals surface area contributed by atoms with Gasteiger partial charge in [0.15, 0.2) is 38.8 Å². The van der Waals surface area contributed by atoms with Gasteiger partial charge in [0.05, 0.1) is 52.6 Å². The van der Waals surface area contributed by atoms with Crippen LogP contribution in [0.15, 0.2) is 210 Å². The van der Waals surface area contributed by atoms with Gasteiger partial charge in [-0.2, -0.15) is 5.26 Å². The minimum Gasteiger partial charge on any atom is -0.355 e. The Morgan fingerprint density at radius 3 is 1.06 bits per heavy atom. The number of thioether (sulfide) groups is 3. The molecule has 3 N–H and O–H groups in total. The first kappa shape index (κ1) is 115. The number of pyridine rings is 6. The molecule has 6 heterocycles. The van der Waals surface area contributed by atoms with Crippen molar-refractivity contribution in [1.29, 1.82) is 5.26 Å². The summed E-state index contributed by atoms with van der Waals surface area (Å²) in [5.41, 5.74) is 17.8. The quantitative estimate of drug-likeness (QED) is 0.0183. The maximum atomic E-state index is 12.8. The van der Waals surface area contributed by atoms with Crippen LogP contribution in [0.2, 0.25) is 0 Å². The fourth-order valence-corrected chi connectivity index (χ4v) is 19.0. The molecular formula is C118H150N10O8S5. The molecule has 0 saturated heterocycles. The molecule has 7 aromatic carbocycles. The number of amides is 1. The molecule has 0 aliphatic rings. The first-order valence-electron chi connectivity index (χ1n) is 51.0. The number of hydrogen-bond acceptors (Lipinski definition) is 15. The average Bonchev–Trinajstić information content (AvgIpc) is 1.07. The molecule has 0 saturated carbocycles. The highest BCUT2D eigenvalue weighted by molar-refractivity contribution is 8.22. The van der Waals surface area contributed by atoms with Gasteiger partial charge < -0.3 is 33.9 Å². The lowest BCUT2D eigenvalue weighted by atomic mass is 10.0. The number of isothiocyanates is 1. The van der Waals surface area contributed by atoms with Crippen molar-refractivity contribution in [3.63, 3.8) is 0 Å². The van der Waals surface area contributed by atoms with Crippen molar-refractivity contribution in [2.24, 2.45) is 4.99 Å². The monoisotopic (exact) mass is 2000 g/mol. The number of nitrogens with zero attached hydrogens (tertiary/aromatic N) is 7. The standard InChI is InChI=1S/C21H30N2O2S.C21H29NO2S.C20H28N2OS2.C19H24N2OS.C19H24N2O.C18H15NO/c1-4-5-6-7-8-9-13-18-16(2)20(24)17-12-10-11-14-19(17)23(18)15-22-21(25)26-3;1-4-5-6-7-8-9-13-18-16(2)21(24)17-12-10-11-14-19(17)22(18)15-20(23)25-3;1-4-5-6-7-8-12-17-15(2)19(23)16-11-9-10-13-18(16)22(17)14-21-20(24)25-3;1-3-4-5-6-7-11-17-15(2)19(22)16-10-8-9-12-18(16)21(17)13-20-14-23;1-3-4-5-6-7-8-12-17-15(2)19(22)16-11-9-10-13-18(16)21(17)14-20;1-13-16(12-11-14-7-3-2-4-8-14)19-17-10-6-5-9-15(17)18(13)20/h10-12,14H,4-9,13,15H2,1-3H3,(H,22,25);10-12,14H,4-9,13,15H2,1-3H3;9-11,13H,4-8,12,14H2,1-3H3,(H,21,24);8-10,12H,3-7,11,13H2,1-2H3;9-11,13H,3-8,12H2,1-2H3;2-12H,1H3,(H,19,20)/b;;;;;12-11+. The van der Waals surface area contributed by atoms with Crippen LogP contribution < -0.4 is 43.2 Å². The van der Waals surface area contributed by atoms with Gasteiger partial charge in [-0.05, 0) is 221 Å². The number of thiocarbonyl (C=S) groups is 2. The van der Waals surface area contributed by atoms with Crippen molar-refractivity contribution in [1.82, 2.24) is 38.5 Å². The molecular weight excluding hydrogens is 1850 g/mol. The number of carbonyl (C=O) groups excluding carboxylic acids is 2. The predicted octanol–water partition coefficient (Wildman–Crippen LogP) is 28.8. The van der Waals surface area contributed by atoms with Crippen LogP contribution in [0, 0.1) is 53.0 Å². The molecule has 0 aliphatic heterocycles. The Hall–Kier alpha value is -11.1. The SMILES string of the molecule is CCCCCCCCc1c(C)c(=O)c2ccccc2n1C#N.CCCCCCCCc1c(C)c(=O)c2ccccc2n1CC(=O)SC.CCCCCCCCc1c(C)c(=O)c2ccccc2n1CNC(=O)SC.CCCCCCCc1c(C)c(=O)c2ccccc2n1CN=C=S.CCCCCCCc1c(C)c(=O)c2ccccc2n1CNC(=S)SC.Cc1c(/C=C/c2ccccc2)[nH]c2ccccc2c1=O. The molecule has 0 radical (unpaired) electrons. The Balaban J connectivity index is 0.000000207. The number of hydrogen-bond donors (Lipinski definition) is 3. The van der Waals surface area contributed by atoms with E-state index in [1.54, 1.807) is 16.9 Å². The number of unbranched alkanes of at least 4 members (excludes halogenated alkanes) is 23. The minimum absolute atomic E-state index is 0.0584. The predicted molar refractivity (Wildman–Crippen MR) is 611 cm³/mol. The summed E-state index contributed by atoms with van der Waals surface area (Å²) in [6.45, 7) is 24.2. The van der Waals surface area contributed by atoms with Crippen LogP contribution in [0.1, 0.15) is 288 Å². The third-order valence-corrected chi connectivity index (χ3v) is 28.8. The van der Waals surface area contributed by atoms with Gasteiger partial charge in [0.1, 0.15) is 11.0 Å². The van der Waals surface area contributed by atoms with E-state index in [4.69, 9.17) is 24.4 Å². The molecule has 13 rings (SSSR count). The largest absolute Gasteiger partial charge is 0.355 e. The van der Waals surface area contributed by atoms with Crippen LogP contribution in [0.3, 0.4) is 0 Å². The van der Waals surface area contributed by atoms with Crippen LogP contribution in [0.5, 0.6) is 0 Å². The highest BCUT2D eigenvalue weighted by Crippen LogP contribution is 2.27. The zero-order valence-electron chi connectivity index (χ0n) is 86.0. The van der Waals surface area contributed by atoms with E-state index >= 15 is 0 Å². The Bertz CT molecular complexity index is 6790. The second-order valence-electron chi connectivity index (χ2n) is 36.2. The molecule has 23 heteroatoms. The molecule has 0 atom stereocenters. The molecule has 0 fully saturated rings. The molecule has 1 amide bonds. The maximum absolute atomic E-state index is 12.8. The van der Waals surface area contributed by atoms with Crippen molar-refractivity contribution in [3.05, 3.63) is 310 Å². The summed E-state index contributed by atoms with van der Waals surface area (Å²) < 4.78 is 10.9. The number of carbonyl (C=O) groups is 2. The van der Waals surface area contributed by atoms with E-state index in [2.05, 4.69) is 84.9 Å². The zero-order valence-corrected chi connectivity index (χ0v) is 90.1. The number of fused-ring (bicyclic) bond motifs is 6. The summed E-state index contributed by atoms with van der Waals surface area (Å²) in [5, 5.41) is 22.6. The number of H-pyrrole nitrogens is 1. The summed E-state index contributed by atoms with van der Waals surface area (Å²) >= 11 is 14.0. The summed E-state index contributed by atoms with van der Waals surface area (Å²) in [4.78, 5) is 107. The van der Waals surface area contributed by atoms with Crippen molar-refractivity contribution in [2.45, 2.75) is 315 Å². The topological polar surface area (TPSA) is 237 Å². The molecule has 0 aliphatic carbocycles. The third-order valence-electron chi connectivity index (χ3n) is 26.4. The number of aliphatic imine (C=N–C) groups is 1. The van der Waals surface area contributed by atoms with Crippen LogP contribution >= 0.6 is 59.7 Å². The lowest BCUT2D eigenvalue weighted by Crippen LogP contribution is -2.27. The Kier molecular flexibility index (Phi) is 51.5. The average molecular weight is 2000 g/mol. The van der Waals surface area contributed by atoms with Gasteiger partial charge >= 0.3 is 0 Å². The van der Waals surface area contributed by atoms with Gasteiger partial charge in [-0.25, -0.2) is 4.99 Å². The fraction of sp³-hybridized carbons (Fsp3) is 0.432. The third kappa shape index (κ3) is 33.8. The molecule has 6 aromatic heterocycles. The Labute approximate surface area is 859 Å². The molecule has 750 valence electrons. The fourth-order valence-electron chi connectivity index (χ4n) is 18.2. The van der Waals surface area contributed by atoms with Crippen molar-refractivity contribution < 1.29 is 9.59 Å². The Morgan fingerprint density at radius 1 is 0.362 bits per heavy atom. The molecule has 0 unspecified atom stereocenters. The highest BCUT2D eigenvalue weighted by atomic mass is 32.2. The first-order chi connectivity index (χ1) is 68.4. The molecule has 0 bridgehead atoms. The first-order valence-corrected chi connectivity index (χ1v) is 55.5. The zero-order chi connectivity index (χ0) is 102. The van der Waals surface area contributed by atoms with Crippen LogP contribution in [-0.2, 0) is 63.4 Å². The van der Waals surface area contributed by atoms with E-state index < -0.39 is 0 Å². The number of nitriles is 1. The number of nitrogens with one attached hydrogen (secondary N) is 3. The van der Waals surface area contributed by atoms with E-state index in [1.165, 1.54) is 177 Å². The molecule has 13 aromatic rings. The molecule has 141 heavy (non-hydrogen) atoms. The highest BCUT2D eigenvalue weighted by Gasteiger charge is 2.21. The van der Waals surface area contributed by atoms with Gasteiger partial charge in [0.2, 0.25) is 5.12 Å². The second kappa shape index (κ2) is 63.0. The summed E-state index contributed by atoms with van der Waals surface area (Å²) in [7, 11) is 0. The van der Waals surface area contributed by atoms with Crippen molar-refractivity contribution >= 4 is 157 Å². The van der Waals surface area contributed by atoms with Crippen LogP contribution in [0.25, 0.3) is 77.6 Å². The summed E-state index contributed by atoms with van der Waals surface area (Å²) in [6.07, 6.45) is 50.2. The second-order valence-corrected chi connectivity index (χ2v) is 39.5. The minimum atomic E-state index is -0.0593. The molecule has 18 nitrogen and oxygen atoms in total. The number of benzene rings is 7. The van der Waals surface area contributed by atoms with Crippen molar-refractivity contribution in [2.75, 3.05) is 18.8 Å². The molecule has 0 spiro atoms. The van der Waals surface area contributed by atoms with E-state index in [0.717, 1.165) is 197 Å². The number of aromatic nitrogens is 6. The van der Waals surface area contributed by atoms with Gasteiger partial charge in [0, 0.05) is 105 Å². The summed E-state index contributed by atoms with van der Waals surface area (Å²) in [6, 6.07) is 55.9. The van der Waals surface area contributed by atoms with Gasteiger partial charge in [-0.1, -0.05) is 327 Å². The number of aromatic amines is 1. The van der Waals surface area contributed by atoms with E-state index in [1.807, 2.05) is 236 Å². The maximum Gasteiger partial charge on any atom is 0.280 e. The van der Waals surface area contributed by atoms with Gasteiger partial charge in [-0.3, -0.25) is 42.9 Å². The summed E-state index contributed by atoms with van der Waals surface area (Å²) in [5.74, 6) is 0. The normalized spacial score (nSPS) is 11.0.